The van der Waals surface area contributed by atoms with E-state index < -0.39 is 12.1 Å². The molecule has 0 bridgehead atoms. The fourth-order valence-electron chi connectivity index (χ4n) is 9.65. The highest BCUT2D eigenvalue weighted by atomic mass is 16.5. The van der Waals surface area contributed by atoms with Crippen LogP contribution in [-0.2, 0) is 28.7 Å². The molecule has 0 spiro atoms. The van der Waals surface area contributed by atoms with Gasteiger partial charge in [-0.1, -0.05) is 198 Å². The molecular formula is C58H116N6O6. The minimum Gasteiger partial charge on any atom is -0.377 e. The number of hydrogen-bond acceptors (Lipinski definition) is 8. The van der Waals surface area contributed by atoms with Gasteiger partial charge >= 0.3 is 0 Å². The Kier molecular flexibility index (Phi) is 46.2. The molecule has 12 heteroatoms. The monoisotopic (exact) mass is 993 g/mol. The maximum absolute atomic E-state index is 13.8. The van der Waals surface area contributed by atoms with Crippen molar-refractivity contribution in [2.24, 2.45) is 11.8 Å². The molecular weight excluding hydrogens is 877 g/mol. The number of ether oxygens (including phenoxy) is 2. The third kappa shape index (κ3) is 35.0. The first-order chi connectivity index (χ1) is 33.9. The third-order valence-corrected chi connectivity index (χ3v) is 14.1. The summed E-state index contributed by atoms with van der Waals surface area (Å²) in [7, 11) is 0. The molecule has 70 heavy (non-hydrogen) atoms. The Morgan fingerprint density at radius 3 is 0.929 bits per heavy atom. The zero-order valence-electron chi connectivity index (χ0n) is 47.8. The fraction of sp³-hybridized carbons (Fsp3) is 0.931. The van der Waals surface area contributed by atoms with Crippen molar-refractivity contribution in [1.29, 1.82) is 0 Å². The van der Waals surface area contributed by atoms with Crippen LogP contribution in [0, 0.1) is 11.8 Å². The van der Waals surface area contributed by atoms with Gasteiger partial charge in [0.05, 0.1) is 26.4 Å². The second-order valence-electron chi connectivity index (χ2n) is 20.7. The standard InChI is InChI=1S/C58H116N6O6/c1-11-17-19-21-23-25-27-29-31-33-35-39-53(65)63(45-37-43-61(13-3)14-4)55(51(7)8)57(67)59-41-47-69-49-50-70-48-42-60-58(68)56(52(9)10)64(46-38-44-62(15-5)16-6)54(66)40-36-34-32-30-28-26-24-22-20-18-12-2/h51-52,55-56H,11-50H2,1-10H3,(H,59,67)(H,60,68). The van der Waals surface area contributed by atoms with Crippen LogP contribution < -0.4 is 10.6 Å². The summed E-state index contributed by atoms with van der Waals surface area (Å²) in [6, 6.07) is -1.06. The molecule has 2 atom stereocenters. The van der Waals surface area contributed by atoms with Crippen LogP contribution in [0.15, 0.2) is 0 Å². The molecule has 2 N–H and O–H groups in total. The lowest BCUT2D eigenvalue weighted by atomic mass is 9.99. The summed E-state index contributed by atoms with van der Waals surface area (Å²) in [6.07, 6.45) is 29.8. The molecule has 0 aromatic carbocycles. The van der Waals surface area contributed by atoms with Crippen molar-refractivity contribution in [2.45, 2.75) is 248 Å². The highest BCUT2D eigenvalue weighted by molar-refractivity contribution is 5.88. The van der Waals surface area contributed by atoms with Crippen molar-refractivity contribution in [1.82, 2.24) is 30.2 Å². The molecule has 0 aliphatic carbocycles. The largest absolute Gasteiger partial charge is 0.377 e. The molecule has 2 unspecified atom stereocenters. The molecule has 0 saturated heterocycles. The number of nitrogens with zero attached hydrogens (tertiary/aromatic N) is 4. The average Bonchev–Trinajstić information content (AvgIpc) is 3.34. The van der Waals surface area contributed by atoms with Gasteiger partial charge in [0.1, 0.15) is 12.1 Å². The van der Waals surface area contributed by atoms with Crippen molar-refractivity contribution in [2.75, 3.05) is 91.9 Å². The zero-order chi connectivity index (χ0) is 52.0. The summed E-state index contributed by atoms with van der Waals surface area (Å²) in [5.74, 6) is -0.140. The minimum atomic E-state index is -0.530. The van der Waals surface area contributed by atoms with Crippen LogP contribution in [-0.4, -0.2) is 147 Å². The van der Waals surface area contributed by atoms with Gasteiger partial charge in [0.25, 0.3) is 0 Å². The summed E-state index contributed by atoms with van der Waals surface area (Å²) >= 11 is 0. The fourth-order valence-corrected chi connectivity index (χ4v) is 9.65. The molecule has 414 valence electrons. The summed E-state index contributed by atoms with van der Waals surface area (Å²) in [6.45, 7) is 30.2. The molecule has 0 radical (unpaired) electrons. The van der Waals surface area contributed by atoms with Crippen LogP contribution >= 0.6 is 0 Å². The van der Waals surface area contributed by atoms with Crippen LogP contribution in [0.5, 0.6) is 0 Å². The third-order valence-electron chi connectivity index (χ3n) is 14.1. The second-order valence-corrected chi connectivity index (χ2v) is 20.7. The Bertz CT molecular complexity index is 1140. The smallest absolute Gasteiger partial charge is 0.243 e. The Morgan fingerprint density at radius 2 is 0.657 bits per heavy atom. The molecule has 0 aliphatic rings. The molecule has 12 nitrogen and oxygen atoms in total. The molecule has 0 aromatic rings. The summed E-state index contributed by atoms with van der Waals surface area (Å²) in [5, 5.41) is 6.12. The van der Waals surface area contributed by atoms with Gasteiger partial charge < -0.3 is 39.7 Å². The molecule has 4 amide bonds. The molecule has 0 aromatic heterocycles. The van der Waals surface area contributed by atoms with Crippen LogP contribution in [0.25, 0.3) is 0 Å². The Labute approximate surface area is 433 Å². The van der Waals surface area contributed by atoms with E-state index in [2.05, 4.69) is 62.0 Å². The van der Waals surface area contributed by atoms with Crippen LogP contribution in [0.1, 0.15) is 236 Å². The van der Waals surface area contributed by atoms with Crippen LogP contribution in [0.4, 0.5) is 0 Å². The van der Waals surface area contributed by atoms with Gasteiger partial charge in [-0.3, -0.25) is 19.2 Å². The van der Waals surface area contributed by atoms with Crippen molar-refractivity contribution in [3.63, 3.8) is 0 Å². The second kappa shape index (κ2) is 47.7. The normalized spacial score (nSPS) is 12.6. The van der Waals surface area contributed by atoms with E-state index >= 15 is 0 Å². The number of unbranched alkanes of at least 4 members (excludes halogenated alkanes) is 20. The minimum absolute atomic E-state index is 0.0271. The van der Waals surface area contributed by atoms with Gasteiger partial charge in [-0.15, -0.1) is 0 Å². The molecule has 0 heterocycles. The topological polar surface area (TPSA) is 124 Å². The van der Waals surface area contributed by atoms with Gasteiger partial charge in [-0.05, 0) is 76.8 Å². The van der Waals surface area contributed by atoms with E-state index in [0.29, 0.717) is 65.4 Å². The van der Waals surface area contributed by atoms with Crippen molar-refractivity contribution in [3.05, 3.63) is 0 Å². The predicted molar refractivity (Wildman–Crippen MR) is 295 cm³/mol. The summed E-state index contributed by atoms with van der Waals surface area (Å²) < 4.78 is 11.6. The maximum Gasteiger partial charge on any atom is 0.243 e. The first-order valence-electron chi connectivity index (χ1n) is 29.7. The summed E-state index contributed by atoms with van der Waals surface area (Å²) in [5.41, 5.74) is 0. The first kappa shape index (κ1) is 67.7. The highest BCUT2D eigenvalue weighted by Crippen LogP contribution is 2.19. The van der Waals surface area contributed by atoms with E-state index in [1.165, 1.54) is 103 Å². The van der Waals surface area contributed by atoms with Gasteiger partial charge in [0.2, 0.25) is 23.6 Å². The van der Waals surface area contributed by atoms with Crippen LogP contribution in [0.2, 0.25) is 0 Å². The molecule has 0 saturated carbocycles. The highest BCUT2D eigenvalue weighted by Gasteiger charge is 2.33. The predicted octanol–water partition coefficient (Wildman–Crippen LogP) is 11.8. The molecule has 0 rings (SSSR count). The number of carbonyl (C=O) groups is 4. The molecule has 0 aliphatic heterocycles. The van der Waals surface area contributed by atoms with E-state index in [0.717, 1.165) is 90.6 Å². The SMILES string of the molecule is CCCCCCCCCCCCCC(=O)N(CCCN(CC)CC)C(C(=O)NCCOCCOCCNC(=O)C(C(C)C)N(CCCN(CC)CC)C(=O)CCCCCCCCCCCCC)C(C)C. The quantitative estimate of drug-likeness (QED) is 0.0578. The van der Waals surface area contributed by atoms with Crippen molar-refractivity contribution >= 4 is 23.6 Å². The number of hydrogen-bond donors (Lipinski definition) is 2. The van der Waals surface area contributed by atoms with E-state index in [9.17, 15) is 19.2 Å². The Hall–Kier alpha value is -2.28. The van der Waals surface area contributed by atoms with Gasteiger partial charge in [0.15, 0.2) is 0 Å². The van der Waals surface area contributed by atoms with E-state index in [4.69, 9.17) is 9.47 Å². The molecule has 0 fully saturated rings. The van der Waals surface area contributed by atoms with Gasteiger partial charge in [-0.2, -0.15) is 0 Å². The van der Waals surface area contributed by atoms with Crippen molar-refractivity contribution < 1.29 is 28.7 Å². The lowest BCUT2D eigenvalue weighted by molar-refractivity contribution is -0.142. The number of carbonyl (C=O) groups excluding carboxylic acids is 4. The van der Waals surface area contributed by atoms with Gasteiger partial charge in [0, 0.05) is 39.0 Å². The van der Waals surface area contributed by atoms with E-state index in [1.54, 1.807) is 0 Å². The summed E-state index contributed by atoms with van der Waals surface area (Å²) in [4.78, 5) is 63.4. The van der Waals surface area contributed by atoms with Crippen molar-refractivity contribution in [3.8, 4) is 0 Å². The lowest BCUT2D eigenvalue weighted by Gasteiger charge is -2.34. The van der Waals surface area contributed by atoms with E-state index in [-0.39, 0.29) is 35.5 Å². The van der Waals surface area contributed by atoms with Crippen LogP contribution in [0.3, 0.4) is 0 Å². The Morgan fingerprint density at radius 1 is 0.371 bits per heavy atom. The van der Waals surface area contributed by atoms with Gasteiger partial charge in [-0.25, -0.2) is 0 Å². The average molecular weight is 994 g/mol. The van der Waals surface area contributed by atoms with E-state index in [1.807, 2.05) is 37.5 Å². The first-order valence-corrected chi connectivity index (χ1v) is 29.7. The maximum atomic E-state index is 13.8. The lowest BCUT2D eigenvalue weighted by Crippen LogP contribution is -2.53. The zero-order valence-corrected chi connectivity index (χ0v) is 47.8. The number of amides is 4. The number of rotatable bonds is 51. The Balaban J connectivity index is 4.98. The number of nitrogens with one attached hydrogen (secondary N) is 2.